The summed E-state index contributed by atoms with van der Waals surface area (Å²) in [6, 6.07) is 6.98. The maximum absolute atomic E-state index is 12.2. The van der Waals surface area contributed by atoms with Gasteiger partial charge in [-0.3, -0.25) is 0 Å². The number of likely N-dealkylation sites (tertiary alicyclic amines) is 1. The minimum absolute atomic E-state index is 0.0971. The summed E-state index contributed by atoms with van der Waals surface area (Å²) >= 11 is 5.82. The topological polar surface area (TPSA) is 50.8 Å². The van der Waals surface area contributed by atoms with Crippen LogP contribution < -0.4 is 5.32 Å². The Hall–Kier alpha value is -1.30. The summed E-state index contributed by atoms with van der Waals surface area (Å²) in [6.07, 6.45) is 1.45. The molecule has 2 aliphatic rings. The molecule has 6 heteroatoms. The van der Waals surface area contributed by atoms with Gasteiger partial charge in [0, 0.05) is 36.6 Å². The summed E-state index contributed by atoms with van der Waals surface area (Å²) in [7, 11) is 0. The number of amides is 2. The lowest BCUT2D eigenvalue weighted by atomic mass is 10.0. The molecule has 3 rings (SSSR count). The smallest absolute Gasteiger partial charge is 0.321 e. The Morgan fingerprint density at radius 2 is 1.75 bits per heavy atom. The third-order valence-electron chi connectivity index (χ3n) is 3.72. The Kier molecular flexibility index (Phi) is 3.83. The van der Waals surface area contributed by atoms with Gasteiger partial charge in [-0.05, 0) is 24.3 Å². The Balaban J connectivity index is 1.55. The fraction of sp³-hybridized carbons (Fsp3) is 0.500. The Labute approximate surface area is 122 Å². The van der Waals surface area contributed by atoms with Crippen molar-refractivity contribution in [3.05, 3.63) is 29.3 Å². The number of rotatable bonds is 1. The zero-order valence-corrected chi connectivity index (χ0v) is 11.9. The molecule has 1 N–H and O–H groups in total. The van der Waals surface area contributed by atoms with Crippen LogP contribution in [0.3, 0.4) is 0 Å². The molecule has 0 unspecified atom stereocenters. The van der Waals surface area contributed by atoms with Crippen LogP contribution in [0.25, 0.3) is 0 Å². The number of hydrogen-bond acceptors (Lipinski definition) is 3. The number of carbonyl (C=O) groups excluding carboxylic acids is 1. The van der Waals surface area contributed by atoms with Gasteiger partial charge in [-0.15, -0.1) is 0 Å². The number of benzene rings is 1. The lowest BCUT2D eigenvalue weighted by molar-refractivity contribution is -0.181. The summed E-state index contributed by atoms with van der Waals surface area (Å²) in [5.74, 6) is -0.447. The van der Waals surface area contributed by atoms with Crippen LogP contribution in [-0.4, -0.2) is 43.0 Å². The van der Waals surface area contributed by atoms with Crippen LogP contribution >= 0.6 is 11.6 Å². The fourth-order valence-electron chi connectivity index (χ4n) is 2.57. The highest BCUT2D eigenvalue weighted by molar-refractivity contribution is 6.30. The molecule has 0 radical (unpaired) electrons. The van der Waals surface area contributed by atoms with Gasteiger partial charge in [0.05, 0.1) is 13.2 Å². The number of carbonyl (C=O) groups is 1. The number of nitrogens with zero attached hydrogens (tertiary/aromatic N) is 1. The highest BCUT2D eigenvalue weighted by atomic mass is 35.5. The predicted octanol–water partition coefficient (Wildman–Crippen LogP) is 2.71. The first-order valence-corrected chi connectivity index (χ1v) is 7.14. The van der Waals surface area contributed by atoms with Crippen molar-refractivity contribution in [1.29, 1.82) is 0 Å². The summed E-state index contributed by atoms with van der Waals surface area (Å²) in [5.41, 5.74) is 0.744. The van der Waals surface area contributed by atoms with Crippen molar-refractivity contribution in [1.82, 2.24) is 4.90 Å². The Morgan fingerprint density at radius 1 is 1.15 bits per heavy atom. The molecule has 108 valence electrons. The lowest BCUT2D eigenvalue weighted by Crippen LogP contribution is -2.48. The molecule has 5 nitrogen and oxygen atoms in total. The van der Waals surface area contributed by atoms with Crippen molar-refractivity contribution in [3.63, 3.8) is 0 Å². The van der Waals surface area contributed by atoms with E-state index in [1.165, 1.54) is 0 Å². The van der Waals surface area contributed by atoms with Crippen LogP contribution in [0.4, 0.5) is 10.5 Å². The van der Waals surface area contributed by atoms with Crippen molar-refractivity contribution < 1.29 is 14.3 Å². The van der Waals surface area contributed by atoms with E-state index >= 15 is 0 Å². The summed E-state index contributed by atoms with van der Waals surface area (Å²) < 4.78 is 11.3. The van der Waals surface area contributed by atoms with Gasteiger partial charge < -0.3 is 19.7 Å². The largest absolute Gasteiger partial charge is 0.347 e. The van der Waals surface area contributed by atoms with Crippen molar-refractivity contribution >= 4 is 23.3 Å². The minimum atomic E-state index is -0.447. The highest BCUT2D eigenvalue weighted by Crippen LogP contribution is 2.31. The number of halogens is 1. The molecule has 2 saturated heterocycles. The van der Waals surface area contributed by atoms with Gasteiger partial charge in [-0.25, -0.2) is 4.79 Å². The van der Waals surface area contributed by atoms with Gasteiger partial charge in [0.15, 0.2) is 5.79 Å². The molecule has 2 heterocycles. The molecule has 0 saturated carbocycles. The average Bonchev–Trinajstić information content (AvgIpc) is 2.90. The van der Waals surface area contributed by atoms with Gasteiger partial charge in [0.1, 0.15) is 0 Å². The van der Waals surface area contributed by atoms with Crippen LogP contribution in [0, 0.1) is 0 Å². The zero-order valence-electron chi connectivity index (χ0n) is 11.1. The third-order valence-corrected chi connectivity index (χ3v) is 3.97. The van der Waals surface area contributed by atoms with E-state index in [4.69, 9.17) is 21.1 Å². The minimum Gasteiger partial charge on any atom is -0.347 e. The molecule has 0 atom stereocenters. The van der Waals surface area contributed by atoms with Crippen molar-refractivity contribution in [2.75, 3.05) is 31.6 Å². The number of urea groups is 1. The standard InChI is InChI=1S/C14H17ClN2O3/c15-11-1-3-12(4-2-11)16-13(18)17-7-5-14(6-8-17)19-9-10-20-14/h1-4H,5-10H2,(H,16,18). The molecular formula is C14H17ClN2O3. The number of anilines is 1. The number of hydrogen-bond donors (Lipinski definition) is 1. The zero-order chi connectivity index (χ0) is 14.0. The van der Waals surface area contributed by atoms with Crippen molar-refractivity contribution in [3.8, 4) is 0 Å². The molecule has 2 fully saturated rings. The van der Waals surface area contributed by atoms with Crippen LogP contribution in [0.2, 0.25) is 5.02 Å². The number of nitrogens with one attached hydrogen (secondary N) is 1. The van der Waals surface area contributed by atoms with Gasteiger partial charge >= 0.3 is 6.03 Å². The molecule has 0 aliphatic carbocycles. The molecule has 1 aromatic rings. The van der Waals surface area contributed by atoms with E-state index < -0.39 is 5.79 Å². The second-order valence-corrected chi connectivity index (χ2v) is 5.47. The average molecular weight is 297 g/mol. The van der Waals surface area contributed by atoms with E-state index in [0.29, 0.717) is 31.3 Å². The highest BCUT2D eigenvalue weighted by Gasteiger charge is 2.40. The molecule has 1 spiro atoms. The SMILES string of the molecule is O=C(Nc1ccc(Cl)cc1)N1CCC2(CC1)OCCO2. The van der Waals surface area contributed by atoms with Crippen LogP contribution in [-0.2, 0) is 9.47 Å². The van der Waals surface area contributed by atoms with E-state index in [0.717, 1.165) is 18.5 Å². The Morgan fingerprint density at radius 3 is 2.35 bits per heavy atom. The number of piperidine rings is 1. The maximum atomic E-state index is 12.2. The van der Waals surface area contributed by atoms with E-state index in [1.807, 2.05) is 0 Å². The van der Waals surface area contributed by atoms with Crippen molar-refractivity contribution in [2.24, 2.45) is 0 Å². The van der Waals surface area contributed by atoms with Gasteiger partial charge in [0.2, 0.25) is 0 Å². The van der Waals surface area contributed by atoms with Crippen LogP contribution in [0.1, 0.15) is 12.8 Å². The second-order valence-electron chi connectivity index (χ2n) is 5.03. The van der Waals surface area contributed by atoms with Gasteiger partial charge in [0.25, 0.3) is 0 Å². The quantitative estimate of drug-likeness (QED) is 0.867. The summed E-state index contributed by atoms with van der Waals surface area (Å²) in [4.78, 5) is 13.9. The molecule has 0 aromatic heterocycles. The molecule has 2 amide bonds. The van der Waals surface area contributed by atoms with Gasteiger partial charge in [-0.2, -0.15) is 0 Å². The van der Waals surface area contributed by atoms with Gasteiger partial charge in [-0.1, -0.05) is 11.6 Å². The lowest BCUT2D eigenvalue weighted by Gasteiger charge is -2.37. The fourth-order valence-corrected chi connectivity index (χ4v) is 2.70. The molecular weight excluding hydrogens is 280 g/mol. The Bertz CT molecular complexity index is 476. The molecule has 0 bridgehead atoms. The summed E-state index contributed by atoms with van der Waals surface area (Å²) in [5, 5.41) is 3.52. The van der Waals surface area contributed by atoms with E-state index in [9.17, 15) is 4.79 Å². The molecule has 20 heavy (non-hydrogen) atoms. The first kappa shape index (κ1) is 13.7. The molecule has 1 aromatic carbocycles. The maximum Gasteiger partial charge on any atom is 0.321 e. The van der Waals surface area contributed by atoms with Crippen LogP contribution in [0.5, 0.6) is 0 Å². The molecule has 2 aliphatic heterocycles. The van der Waals surface area contributed by atoms with E-state index in [-0.39, 0.29) is 6.03 Å². The first-order valence-electron chi connectivity index (χ1n) is 6.76. The van der Waals surface area contributed by atoms with E-state index in [2.05, 4.69) is 5.32 Å². The van der Waals surface area contributed by atoms with Crippen LogP contribution in [0.15, 0.2) is 24.3 Å². The first-order chi connectivity index (χ1) is 9.67. The number of ether oxygens (including phenoxy) is 2. The second kappa shape index (κ2) is 5.60. The normalized spacial score (nSPS) is 21.1. The predicted molar refractivity (Wildman–Crippen MR) is 75.9 cm³/mol. The third kappa shape index (κ3) is 2.90. The van der Waals surface area contributed by atoms with Crippen molar-refractivity contribution in [2.45, 2.75) is 18.6 Å². The van der Waals surface area contributed by atoms with E-state index in [1.54, 1.807) is 29.2 Å². The summed E-state index contributed by atoms with van der Waals surface area (Å²) in [6.45, 7) is 2.58. The monoisotopic (exact) mass is 296 g/mol.